The van der Waals surface area contributed by atoms with Crippen molar-refractivity contribution in [1.82, 2.24) is 9.55 Å². The fourth-order valence-electron chi connectivity index (χ4n) is 2.59. The number of nitrogens with zero attached hydrogens (tertiary/aromatic N) is 1. The summed E-state index contributed by atoms with van der Waals surface area (Å²) >= 11 is 8.91. The third-order valence-corrected chi connectivity index (χ3v) is 4.36. The van der Waals surface area contributed by atoms with Gasteiger partial charge in [-0.2, -0.15) is 0 Å². The summed E-state index contributed by atoms with van der Waals surface area (Å²) in [5.74, 6) is -0.208. The van der Waals surface area contributed by atoms with E-state index in [1.807, 2.05) is 30.3 Å². The van der Waals surface area contributed by atoms with Crippen LogP contribution in [-0.2, 0) is 6.42 Å². The summed E-state index contributed by atoms with van der Waals surface area (Å²) in [5.41, 5.74) is 3.19. The van der Waals surface area contributed by atoms with Crippen molar-refractivity contribution in [3.63, 3.8) is 0 Å². The Morgan fingerprint density at radius 2 is 1.95 bits per heavy atom. The second-order valence-corrected chi connectivity index (χ2v) is 6.44. The molecule has 0 aliphatic rings. The molecular weight excluding hydrogens is 351 g/mol. The maximum absolute atomic E-state index is 13.0. The molecule has 1 unspecified atom stereocenters. The summed E-state index contributed by atoms with van der Waals surface area (Å²) in [4.78, 5) is 3.23. The lowest BCUT2D eigenvalue weighted by Gasteiger charge is -2.15. The van der Waals surface area contributed by atoms with Gasteiger partial charge < -0.3 is 9.55 Å². The third kappa shape index (κ3) is 2.94. The first-order valence-electron chi connectivity index (χ1n) is 6.69. The van der Waals surface area contributed by atoms with Crippen molar-refractivity contribution >= 4 is 39.2 Å². The molecule has 1 atom stereocenters. The number of halogens is 2. The fraction of sp³-hybridized carbons (Fsp3) is 0.188. The largest absolute Gasteiger partial charge is 0.331 e. The molecule has 1 heterocycles. The Morgan fingerprint density at radius 1 is 1.24 bits per heavy atom. The minimum Gasteiger partial charge on any atom is -0.331 e. The molecule has 2 aromatic carbocycles. The first-order chi connectivity index (χ1) is 10.0. The van der Waals surface area contributed by atoms with Crippen molar-refractivity contribution in [3.8, 4) is 0 Å². The lowest BCUT2D eigenvalue weighted by Crippen LogP contribution is -2.08. The van der Waals surface area contributed by atoms with Crippen LogP contribution in [0.4, 0.5) is 4.39 Å². The molecule has 2 nitrogen and oxygen atoms in total. The Labute approximate surface area is 135 Å². The van der Waals surface area contributed by atoms with Crippen LogP contribution in [-0.4, -0.2) is 9.55 Å². The van der Waals surface area contributed by atoms with Gasteiger partial charge in [0.05, 0.1) is 11.0 Å². The van der Waals surface area contributed by atoms with Gasteiger partial charge in [0.1, 0.15) is 5.82 Å². The normalized spacial score (nSPS) is 12.7. The second-order valence-electron chi connectivity index (χ2n) is 5.14. The van der Waals surface area contributed by atoms with E-state index in [-0.39, 0.29) is 11.9 Å². The molecule has 0 saturated carbocycles. The second kappa shape index (κ2) is 5.73. The van der Waals surface area contributed by atoms with Gasteiger partial charge in [0, 0.05) is 10.5 Å². The average molecular weight is 365 g/mol. The molecule has 0 spiro atoms. The number of fused-ring (bicyclic) bond motifs is 1. The molecule has 1 aromatic heterocycles. The van der Waals surface area contributed by atoms with Gasteiger partial charge in [-0.3, -0.25) is 0 Å². The molecule has 0 aliphatic carbocycles. The average Bonchev–Trinajstić information content (AvgIpc) is 2.76. The number of H-pyrrole nitrogens is 1. The zero-order valence-electron chi connectivity index (χ0n) is 11.4. The highest BCUT2D eigenvalue weighted by Gasteiger charge is 2.12. The molecular formula is C16H14BrFN2S. The quantitative estimate of drug-likeness (QED) is 0.616. The number of rotatable bonds is 3. The topological polar surface area (TPSA) is 20.7 Å². The van der Waals surface area contributed by atoms with E-state index in [0.717, 1.165) is 27.5 Å². The third-order valence-electron chi connectivity index (χ3n) is 3.56. The molecule has 0 bridgehead atoms. The fourth-order valence-corrected chi connectivity index (χ4v) is 3.34. The SMILES string of the molecule is CC(Cc1ccc(F)cc1)n1c(=S)[nH]c2cc(Br)ccc21. The maximum Gasteiger partial charge on any atom is 0.178 e. The van der Waals surface area contributed by atoms with Gasteiger partial charge in [0.25, 0.3) is 0 Å². The zero-order valence-corrected chi connectivity index (χ0v) is 13.8. The molecule has 0 radical (unpaired) electrons. The van der Waals surface area contributed by atoms with Crippen LogP contribution in [0.15, 0.2) is 46.9 Å². The lowest BCUT2D eigenvalue weighted by atomic mass is 10.1. The minimum absolute atomic E-state index is 0.192. The highest BCUT2D eigenvalue weighted by molar-refractivity contribution is 9.10. The summed E-state index contributed by atoms with van der Waals surface area (Å²) in [7, 11) is 0. The number of aromatic nitrogens is 2. The molecule has 0 saturated heterocycles. The van der Waals surface area contributed by atoms with Crippen molar-refractivity contribution in [2.45, 2.75) is 19.4 Å². The summed E-state index contributed by atoms with van der Waals surface area (Å²) in [6.07, 6.45) is 0.803. The van der Waals surface area contributed by atoms with Crippen molar-refractivity contribution in [2.75, 3.05) is 0 Å². The first-order valence-corrected chi connectivity index (χ1v) is 7.89. The highest BCUT2D eigenvalue weighted by atomic mass is 79.9. The van der Waals surface area contributed by atoms with E-state index in [1.54, 1.807) is 0 Å². The monoisotopic (exact) mass is 364 g/mol. The summed E-state index contributed by atoms with van der Waals surface area (Å²) in [5, 5.41) is 0. The molecule has 5 heteroatoms. The van der Waals surface area contributed by atoms with Gasteiger partial charge in [0.2, 0.25) is 0 Å². The van der Waals surface area contributed by atoms with Crippen molar-refractivity contribution in [2.24, 2.45) is 0 Å². The zero-order chi connectivity index (χ0) is 15.0. The van der Waals surface area contributed by atoms with E-state index >= 15 is 0 Å². The van der Waals surface area contributed by atoms with E-state index in [2.05, 4.69) is 32.4 Å². The molecule has 1 N–H and O–H groups in total. The van der Waals surface area contributed by atoms with Crippen LogP contribution in [0, 0.1) is 10.6 Å². The number of imidazole rings is 1. The molecule has 0 amide bonds. The van der Waals surface area contributed by atoms with Crippen LogP contribution in [0.5, 0.6) is 0 Å². The van der Waals surface area contributed by atoms with Crippen LogP contribution in [0.1, 0.15) is 18.5 Å². The van der Waals surface area contributed by atoms with E-state index in [4.69, 9.17) is 12.2 Å². The first kappa shape index (κ1) is 14.5. The Morgan fingerprint density at radius 3 is 2.67 bits per heavy atom. The van der Waals surface area contributed by atoms with Crippen LogP contribution in [0.3, 0.4) is 0 Å². The predicted molar refractivity (Wildman–Crippen MR) is 89.6 cm³/mol. The van der Waals surface area contributed by atoms with E-state index in [0.29, 0.717) is 4.77 Å². The van der Waals surface area contributed by atoms with Crippen molar-refractivity contribution in [1.29, 1.82) is 0 Å². The van der Waals surface area contributed by atoms with Gasteiger partial charge in [-0.1, -0.05) is 28.1 Å². The van der Waals surface area contributed by atoms with Crippen LogP contribution >= 0.6 is 28.1 Å². The minimum atomic E-state index is -0.208. The van der Waals surface area contributed by atoms with Crippen LogP contribution < -0.4 is 0 Å². The lowest BCUT2D eigenvalue weighted by molar-refractivity contribution is 0.551. The summed E-state index contributed by atoms with van der Waals surface area (Å²) in [6, 6.07) is 12.9. The number of hydrogen-bond donors (Lipinski definition) is 1. The predicted octanol–water partition coefficient (Wildman–Crippen LogP) is 5.40. The molecule has 0 fully saturated rings. The Hall–Kier alpha value is -1.46. The van der Waals surface area contributed by atoms with E-state index in [9.17, 15) is 4.39 Å². The summed E-state index contributed by atoms with van der Waals surface area (Å²) in [6.45, 7) is 2.12. The van der Waals surface area contributed by atoms with E-state index in [1.165, 1.54) is 12.1 Å². The van der Waals surface area contributed by atoms with Crippen molar-refractivity contribution in [3.05, 3.63) is 63.1 Å². The number of benzene rings is 2. The Balaban J connectivity index is 1.97. The van der Waals surface area contributed by atoms with Gasteiger partial charge >= 0.3 is 0 Å². The van der Waals surface area contributed by atoms with E-state index < -0.39 is 0 Å². The molecule has 3 rings (SSSR count). The standard InChI is InChI=1S/C16H14BrFN2S/c1-10(8-11-2-5-13(18)6-3-11)20-15-7-4-12(17)9-14(15)19-16(20)21/h2-7,9-10H,8H2,1H3,(H,19,21). The van der Waals surface area contributed by atoms with Crippen LogP contribution in [0.25, 0.3) is 11.0 Å². The molecule has 21 heavy (non-hydrogen) atoms. The molecule has 3 aromatic rings. The molecule has 108 valence electrons. The summed E-state index contributed by atoms with van der Waals surface area (Å²) < 4.78 is 16.8. The number of aromatic amines is 1. The van der Waals surface area contributed by atoms with Gasteiger partial charge in [-0.05, 0) is 61.5 Å². The number of hydrogen-bond acceptors (Lipinski definition) is 1. The van der Waals surface area contributed by atoms with Crippen molar-refractivity contribution < 1.29 is 4.39 Å². The Bertz CT molecular complexity index is 836. The van der Waals surface area contributed by atoms with Crippen LogP contribution in [0.2, 0.25) is 0 Å². The van der Waals surface area contributed by atoms with Gasteiger partial charge in [0.15, 0.2) is 4.77 Å². The molecule has 0 aliphatic heterocycles. The smallest absolute Gasteiger partial charge is 0.178 e. The van der Waals surface area contributed by atoms with Gasteiger partial charge in [-0.25, -0.2) is 4.39 Å². The Kier molecular flexibility index (Phi) is 3.95. The highest BCUT2D eigenvalue weighted by Crippen LogP contribution is 2.24. The maximum atomic E-state index is 13.0. The van der Waals surface area contributed by atoms with Gasteiger partial charge in [-0.15, -0.1) is 0 Å². The number of nitrogens with one attached hydrogen (secondary N) is 1.